The number of oxime groups is 1. The summed E-state index contributed by atoms with van der Waals surface area (Å²) < 4.78 is 5.82. The highest BCUT2D eigenvalue weighted by molar-refractivity contribution is 6.31. The van der Waals surface area contributed by atoms with Crippen molar-refractivity contribution in [2.24, 2.45) is 5.16 Å². The van der Waals surface area contributed by atoms with E-state index in [1.807, 2.05) is 30.3 Å². The molecule has 6 heteroatoms. The van der Waals surface area contributed by atoms with Gasteiger partial charge in [0.05, 0.1) is 16.8 Å². The molecule has 24 heavy (non-hydrogen) atoms. The van der Waals surface area contributed by atoms with E-state index in [0.29, 0.717) is 27.6 Å². The molecule has 5 nitrogen and oxygen atoms in total. The Hall–Kier alpha value is -2.79. The first-order chi connectivity index (χ1) is 11.6. The molecule has 2 N–H and O–H groups in total. The summed E-state index contributed by atoms with van der Waals surface area (Å²) >= 11 is 6.02. The Labute approximate surface area is 143 Å². The fourth-order valence-corrected chi connectivity index (χ4v) is 2.63. The number of pyridine rings is 1. The van der Waals surface area contributed by atoms with Crippen molar-refractivity contribution in [2.75, 3.05) is 6.61 Å². The Kier molecular flexibility index (Phi) is 4.53. The molecule has 1 heterocycles. The quantitative estimate of drug-likeness (QED) is 0.426. The molecular formula is C18H15ClN2O3. The maximum atomic E-state index is 12.6. The van der Waals surface area contributed by atoms with Crippen LogP contribution in [-0.4, -0.2) is 22.5 Å². The van der Waals surface area contributed by atoms with Gasteiger partial charge in [0.1, 0.15) is 12.4 Å². The molecule has 0 saturated heterocycles. The molecule has 0 spiro atoms. The van der Waals surface area contributed by atoms with Crippen molar-refractivity contribution in [1.29, 1.82) is 0 Å². The van der Waals surface area contributed by atoms with Crippen LogP contribution in [-0.2, 0) is 0 Å². The Morgan fingerprint density at radius 3 is 2.71 bits per heavy atom. The number of benzene rings is 2. The molecule has 0 unspecified atom stereocenters. The van der Waals surface area contributed by atoms with Crippen LogP contribution in [0, 0.1) is 0 Å². The van der Waals surface area contributed by atoms with Crippen molar-refractivity contribution in [3.8, 4) is 16.9 Å². The van der Waals surface area contributed by atoms with Crippen molar-refractivity contribution in [3.63, 3.8) is 0 Å². The van der Waals surface area contributed by atoms with Crippen LogP contribution >= 0.6 is 11.6 Å². The average molecular weight is 343 g/mol. The predicted molar refractivity (Wildman–Crippen MR) is 95.4 cm³/mol. The summed E-state index contributed by atoms with van der Waals surface area (Å²) in [4.78, 5) is 15.5. The Morgan fingerprint density at radius 1 is 1.25 bits per heavy atom. The minimum Gasteiger partial charge on any atom is -0.486 e. The van der Waals surface area contributed by atoms with Crippen LogP contribution in [0.1, 0.15) is 6.92 Å². The molecule has 0 atom stereocenters. The molecule has 0 aliphatic carbocycles. The topological polar surface area (TPSA) is 74.7 Å². The second-order valence-electron chi connectivity index (χ2n) is 5.34. The first-order valence-electron chi connectivity index (χ1n) is 7.31. The third-order valence-electron chi connectivity index (χ3n) is 3.59. The zero-order valence-electron chi connectivity index (χ0n) is 12.9. The van der Waals surface area contributed by atoms with Crippen LogP contribution in [0.3, 0.4) is 0 Å². The minimum atomic E-state index is -0.274. The van der Waals surface area contributed by atoms with Gasteiger partial charge in [0.25, 0.3) is 5.56 Å². The van der Waals surface area contributed by atoms with Gasteiger partial charge in [0.15, 0.2) is 0 Å². The number of hydrogen-bond donors (Lipinski definition) is 2. The van der Waals surface area contributed by atoms with E-state index in [0.717, 1.165) is 10.9 Å². The standard InChI is InChI=1S/C18H15ClN2O3/c1-11(21-23)10-24-17-14-8-7-13(19)9-15(14)20-18(22)16(17)12-5-3-2-4-6-12/h2-9,23H,10H2,1H3,(H,20,22)/b21-11-. The van der Waals surface area contributed by atoms with Crippen LogP contribution in [0.2, 0.25) is 5.02 Å². The third-order valence-corrected chi connectivity index (χ3v) is 3.82. The lowest BCUT2D eigenvalue weighted by molar-refractivity contribution is 0.307. The van der Waals surface area contributed by atoms with E-state index in [-0.39, 0.29) is 12.2 Å². The number of nitrogens with one attached hydrogen (secondary N) is 1. The first-order valence-corrected chi connectivity index (χ1v) is 7.69. The molecule has 0 radical (unpaired) electrons. The summed E-state index contributed by atoms with van der Waals surface area (Å²) in [7, 11) is 0. The number of ether oxygens (including phenoxy) is 1. The average Bonchev–Trinajstić information content (AvgIpc) is 2.59. The zero-order valence-corrected chi connectivity index (χ0v) is 13.7. The van der Waals surface area contributed by atoms with Gasteiger partial charge in [-0.1, -0.05) is 47.1 Å². The lowest BCUT2D eigenvalue weighted by Gasteiger charge is -2.14. The summed E-state index contributed by atoms with van der Waals surface area (Å²) in [6, 6.07) is 14.5. The van der Waals surface area contributed by atoms with Crippen molar-refractivity contribution >= 4 is 28.2 Å². The normalized spacial score (nSPS) is 11.7. The van der Waals surface area contributed by atoms with Gasteiger partial charge in [-0.05, 0) is 30.7 Å². The van der Waals surface area contributed by atoms with Gasteiger partial charge in [0, 0.05) is 10.4 Å². The molecule has 2 aromatic carbocycles. The highest BCUT2D eigenvalue weighted by Gasteiger charge is 2.16. The van der Waals surface area contributed by atoms with E-state index < -0.39 is 0 Å². The number of nitrogens with zero attached hydrogens (tertiary/aromatic N) is 1. The summed E-state index contributed by atoms with van der Waals surface area (Å²) in [5.41, 5.74) is 1.88. The SMILES string of the molecule is C/C(COc1c(-c2ccccc2)c(=O)[nH]c2cc(Cl)ccc12)=N/O. The predicted octanol–water partition coefficient (Wildman–Crippen LogP) is 4.08. The van der Waals surface area contributed by atoms with Gasteiger partial charge in [-0.2, -0.15) is 0 Å². The van der Waals surface area contributed by atoms with Crippen LogP contribution in [0.4, 0.5) is 0 Å². The second kappa shape index (κ2) is 6.76. The Balaban J connectivity index is 2.27. The monoisotopic (exact) mass is 342 g/mol. The van der Waals surface area contributed by atoms with E-state index in [2.05, 4.69) is 10.1 Å². The van der Waals surface area contributed by atoms with Gasteiger partial charge in [-0.3, -0.25) is 4.79 Å². The van der Waals surface area contributed by atoms with Crippen LogP contribution in [0.25, 0.3) is 22.0 Å². The number of H-pyrrole nitrogens is 1. The summed E-state index contributed by atoms with van der Waals surface area (Å²) in [5, 5.41) is 13.2. The largest absolute Gasteiger partial charge is 0.486 e. The highest BCUT2D eigenvalue weighted by Crippen LogP contribution is 2.34. The second-order valence-corrected chi connectivity index (χ2v) is 5.77. The Bertz CT molecular complexity index is 965. The van der Waals surface area contributed by atoms with Gasteiger partial charge in [0.2, 0.25) is 0 Å². The summed E-state index contributed by atoms with van der Waals surface area (Å²) in [6.45, 7) is 1.70. The molecule has 0 fully saturated rings. The van der Waals surface area contributed by atoms with Crippen molar-refractivity contribution in [2.45, 2.75) is 6.92 Å². The molecule has 0 bridgehead atoms. The molecular weight excluding hydrogens is 328 g/mol. The Morgan fingerprint density at radius 2 is 2.00 bits per heavy atom. The first kappa shape index (κ1) is 16.1. The van der Waals surface area contributed by atoms with Crippen molar-refractivity contribution < 1.29 is 9.94 Å². The molecule has 0 aliphatic rings. The van der Waals surface area contributed by atoms with E-state index in [1.54, 1.807) is 25.1 Å². The van der Waals surface area contributed by atoms with Crippen molar-refractivity contribution in [3.05, 3.63) is 63.9 Å². The molecule has 122 valence electrons. The maximum Gasteiger partial charge on any atom is 0.260 e. The zero-order chi connectivity index (χ0) is 17.1. The molecule has 3 rings (SSSR count). The lowest BCUT2D eigenvalue weighted by Crippen LogP contribution is -2.15. The number of hydrogen-bond acceptors (Lipinski definition) is 4. The van der Waals surface area contributed by atoms with Crippen LogP contribution in [0.5, 0.6) is 5.75 Å². The fourth-order valence-electron chi connectivity index (χ4n) is 2.46. The number of rotatable bonds is 4. The van der Waals surface area contributed by atoms with E-state index in [1.165, 1.54) is 0 Å². The van der Waals surface area contributed by atoms with Crippen LogP contribution < -0.4 is 10.3 Å². The van der Waals surface area contributed by atoms with Crippen LogP contribution in [0.15, 0.2) is 58.5 Å². The molecule has 0 aliphatic heterocycles. The fraction of sp³-hybridized carbons (Fsp3) is 0.111. The van der Waals surface area contributed by atoms with E-state index >= 15 is 0 Å². The van der Waals surface area contributed by atoms with E-state index in [4.69, 9.17) is 21.5 Å². The molecule has 0 saturated carbocycles. The number of aromatic nitrogens is 1. The minimum absolute atomic E-state index is 0.0670. The van der Waals surface area contributed by atoms with Gasteiger partial charge in [-0.25, -0.2) is 0 Å². The molecule has 1 aromatic heterocycles. The number of halogens is 1. The number of aromatic amines is 1. The number of fused-ring (bicyclic) bond motifs is 1. The third kappa shape index (κ3) is 3.12. The molecule has 3 aromatic rings. The highest BCUT2D eigenvalue weighted by atomic mass is 35.5. The van der Waals surface area contributed by atoms with Crippen molar-refractivity contribution in [1.82, 2.24) is 4.98 Å². The lowest BCUT2D eigenvalue weighted by atomic mass is 10.0. The van der Waals surface area contributed by atoms with Gasteiger partial charge >= 0.3 is 0 Å². The maximum absolute atomic E-state index is 12.6. The van der Waals surface area contributed by atoms with E-state index in [9.17, 15) is 4.79 Å². The molecule has 0 amide bonds. The summed E-state index contributed by atoms with van der Waals surface area (Å²) in [6.07, 6.45) is 0. The van der Waals surface area contributed by atoms with Gasteiger partial charge in [-0.15, -0.1) is 0 Å². The van der Waals surface area contributed by atoms with Gasteiger partial charge < -0.3 is 14.9 Å². The summed E-state index contributed by atoms with van der Waals surface area (Å²) in [5.74, 6) is 0.430. The smallest absolute Gasteiger partial charge is 0.260 e.